The zero-order valence-electron chi connectivity index (χ0n) is 19.1. The molecule has 5 aromatic rings. The number of hydrogen-bond donors (Lipinski definition) is 2. The Morgan fingerprint density at radius 3 is 2.74 bits per heavy atom. The second-order valence-corrected chi connectivity index (χ2v) is 9.74. The van der Waals surface area contributed by atoms with Gasteiger partial charge in [-0.1, -0.05) is 0 Å². The van der Waals surface area contributed by atoms with E-state index in [0.717, 1.165) is 49.7 Å². The summed E-state index contributed by atoms with van der Waals surface area (Å²) >= 11 is 1.66. The fraction of sp³-hybridized carbons (Fsp3) is 0.222. The van der Waals surface area contributed by atoms with Crippen molar-refractivity contribution in [3.63, 3.8) is 0 Å². The molecule has 6 rings (SSSR count). The molecular weight excluding hydrogens is 456 g/mol. The number of rotatable bonds is 7. The molecule has 35 heavy (non-hydrogen) atoms. The molecule has 1 saturated heterocycles. The summed E-state index contributed by atoms with van der Waals surface area (Å²) in [6.07, 6.45) is 4.47. The van der Waals surface area contributed by atoms with Crippen molar-refractivity contribution < 1.29 is 4.74 Å². The predicted molar refractivity (Wildman–Crippen MR) is 140 cm³/mol. The molecule has 0 saturated carbocycles. The van der Waals surface area contributed by atoms with Gasteiger partial charge in [-0.3, -0.25) is 4.90 Å². The molecule has 174 valence electrons. The summed E-state index contributed by atoms with van der Waals surface area (Å²) in [6, 6.07) is 20.0. The Balaban J connectivity index is 1.22. The molecule has 4 heterocycles. The highest BCUT2D eigenvalue weighted by Gasteiger charge is 2.14. The van der Waals surface area contributed by atoms with Crippen molar-refractivity contribution in [1.82, 2.24) is 19.9 Å². The van der Waals surface area contributed by atoms with E-state index >= 15 is 0 Å². The number of H-pyrrole nitrogens is 1. The maximum atomic E-state index is 9.23. The van der Waals surface area contributed by atoms with Gasteiger partial charge >= 0.3 is 0 Å². The first-order valence-electron chi connectivity index (χ1n) is 11.8. The van der Waals surface area contributed by atoms with Crippen molar-refractivity contribution in [2.75, 3.05) is 31.6 Å². The van der Waals surface area contributed by atoms with Gasteiger partial charge in [0.05, 0.1) is 22.2 Å². The Bertz CT molecular complexity index is 1530. The average Bonchev–Trinajstić information content (AvgIpc) is 3.65. The second kappa shape index (κ2) is 9.37. The van der Waals surface area contributed by atoms with Crippen molar-refractivity contribution in [2.24, 2.45) is 0 Å². The topological polar surface area (TPSA) is 89.9 Å². The van der Waals surface area contributed by atoms with E-state index in [0.29, 0.717) is 18.1 Å². The van der Waals surface area contributed by atoms with Crippen molar-refractivity contribution in [1.29, 1.82) is 5.26 Å². The van der Waals surface area contributed by atoms with E-state index in [-0.39, 0.29) is 0 Å². The lowest BCUT2D eigenvalue weighted by Gasteiger charge is -2.15. The molecule has 1 aliphatic heterocycles. The number of nitriles is 1. The molecule has 1 fully saturated rings. The van der Waals surface area contributed by atoms with E-state index in [1.54, 1.807) is 11.3 Å². The van der Waals surface area contributed by atoms with Crippen LogP contribution in [0.4, 0.5) is 11.6 Å². The lowest BCUT2D eigenvalue weighted by molar-refractivity contribution is 0.238. The monoisotopic (exact) mass is 480 g/mol. The molecule has 2 N–H and O–H groups in total. The SMILES string of the molecule is N#Cc1ccc2sc(-c3nc(Nc4ccc(OCCN5CCCC5)cc4)nc4[nH]ccc34)cc2c1. The van der Waals surface area contributed by atoms with Crippen molar-refractivity contribution >= 4 is 44.1 Å². The van der Waals surface area contributed by atoms with E-state index < -0.39 is 0 Å². The summed E-state index contributed by atoms with van der Waals surface area (Å²) < 4.78 is 7.04. The van der Waals surface area contributed by atoms with Crippen LogP contribution in [-0.2, 0) is 0 Å². The second-order valence-electron chi connectivity index (χ2n) is 8.66. The fourth-order valence-electron chi connectivity index (χ4n) is 4.48. The maximum Gasteiger partial charge on any atom is 0.229 e. The first-order valence-corrected chi connectivity index (χ1v) is 12.6. The molecule has 3 aromatic heterocycles. The average molecular weight is 481 g/mol. The standard InChI is InChI=1S/C27H24N6OS/c28-17-18-3-8-23-19(15-18)16-24(35-23)25-22-9-10-29-26(22)32-27(31-25)30-20-4-6-21(7-5-20)34-14-13-33-11-1-2-12-33/h3-10,15-16H,1-2,11-14H2,(H2,29,30,31,32). The molecule has 2 aromatic carbocycles. The molecule has 0 radical (unpaired) electrons. The van der Waals surface area contributed by atoms with Crippen LogP contribution in [0.5, 0.6) is 5.75 Å². The number of thiophene rings is 1. The number of aromatic amines is 1. The van der Waals surface area contributed by atoms with E-state index in [2.05, 4.69) is 32.3 Å². The largest absolute Gasteiger partial charge is 0.492 e. The number of anilines is 2. The van der Waals surface area contributed by atoms with Crippen LogP contribution in [0.15, 0.2) is 60.8 Å². The third-order valence-corrected chi connectivity index (χ3v) is 7.40. The predicted octanol–water partition coefficient (Wildman–Crippen LogP) is 5.93. The molecular formula is C27H24N6OS. The van der Waals surface area contributed by atoms with Crippen LogP contribution in [0.2, 0.25) is 0 Å². The number of fused-ring (bicyclic) bond motifs is 2. The molecule has 1 aliphatic rings. The summed E-state index contributed by atoms with van der Waals surface area (Å²) in [5.74, 6) is 1.38. The number of nitrogens with zero attached hydrogens (tertiary/aromatic N) is 4. The first-order chi connectivity index (χ1) is 17.2. The van der Waals surface area contributed by atoms with Crippen molar-refractivity contribution in [3.8, 4) is 22.4 Å². The molecule has 7 nitrogen and oxygen atoms in total. The zero-order valence-corrected chi connectivity index (χ0v) is 19.9. The summed E-state index contributed by atoms with van der Waals surface area (Å²) in [6.45, 7) is 4.04. The Hall–Kier alpha value is -3.93. The Labute approximate surface area is 207 Å². The van der Waals surface area contributed by atoms with E-state index in [9.17, 15) is 5.26 Å². The van der Waals surface area contributed by atoms with E-state index in [4.69, 9.17) is 9.72 Å². The summed E-state index contributed by atoms with van der Waals surface area (Å²) in [4.78, 5) is 16.2. The highest BCUT2D eigenvalue weighted by atomic mass is 32.1. The molecule has 8 heteroatoms. The number of likely N-dealkylation sites (tertiary alicyclic amines) is 1. The van der Waals surface area contributed by atoms with Crippen LogP contribution in [0, 0.1) is 11.3 Å². The minimum Gasteiger partial charge on any atom is -0.492 e. The van der Waals surface area contributed by atoms with Gasteiger partial charge < -0.3 is 15.0 Å². The minimum absolute atomic E-state index is 0.521. The molecule has 0 bridgehead atoms. The van der Waals surface area contributed by atoms with Gasteiger partial charge in [-0.15, -0.1) is 11.3 Å². The molecule has 0 aliphatic carbocycles. The van der Waals surface area contributed by atoms with Crippen LogP contribution in [0.25, 0.3) is 31.7 Å². The van der Waals surface area contributed by atoms with Crippen LogP contribution >= 0.6 is 11.3 Å². The minimum atomic E-state index is 0.521. The molecule has 0 amide bonds. The normalized spacial score (nSPS) is 13.9. The number of benzene rings is 2. The molecule has 0 atom stereocenters. The number of aromatic nitrogens is 3. The van der Waals surface area contributed by atoms with Gasteiger partial charge in [0, 0.05) is 28.5 Å². The number of ether oxygens (including phenoxy) is 1. The van der Waals surface area contributed by atoms with E-state index in [1.807, 2.05) is 54.7 Å². The lowest BCUT2D eigenvalue weighted by atomic mass is 10.1. The van der Waals surface area contributed by atoms with E-state index in [1.165, 1.54) is 25.9 Å². The molecule has 0 unspecified atom stereocenters. The summed E-state index contributed by atoms with van der Waals surface area (Å²) in [5.41, 5.74) is 3.18. The Kier molecular flexibility index (Phi) is 5.78. The van der Waals surface area contributed by atoms with Crippen molar-refractivity contribution in [2.45, 2.75) is 12.8 Å². The third kappa shape index (κ3) is 4.56. The Morgan fingerprint density at radius 2 is 1.91 bits per heavy atom. The van der Waals surface area contributed by atoms with Crippen LogP contribution in [0.1, 0.15) is 18.4 Å². The summed E-state index contributed by atoms with van der Waals surface area (Å²) in [7, 11) is 0. The van der Waals surface area contributed by atoms with Gasteiger partial charge in [-0.25, -0.2) is 4.98 Å². The summed E-state index contributed by atoms with van der Waals surface area (Å²) in [5, 5.41) is 14.6. The van der Waals surface area contributed by atoms with Gasteiger partial charge in [0.15, 0.2) is 0 Å². The smallest absolute Gasteiger partial charge is 0.229 e. The molecule has 0 spiro atoms. The lowest BCUT2D eigenvalue weighted by Crippen LogP contribution is -2.25. The van der Waals surface area contributed by atoms with Gasteiger partial charge in [0.2, 0.25) is 5.95 Å². The van der Waals surface area contributed by atoms with Crippen LogP contribution in [-0.4, -0.2) is 46.1 Å². The highest BCUT2D eigenvalue weighted by Crippen LogP contribution is 2.36. The van der Waals surface area contributed by atoms with Gasteiger partial charge in [0.25, 0.3) is 0 Å². The Morgan fingerprint density at radius 1 is 1.06 bits per heavy atom. The van der Waals surface area contributed by atoms with Gasteiger partial charge in [-0.2, -0.15) is 10.2 Å². The third-order valence-electron chi connectivity index (χ3n) is 6.28. The van der Waals surface area contributed by atoms with Gasteiger partial charge in [-0.05, 0) is 85.9 Å². The van der Waals surface area contributed by atoms with Crippen molar-refractivity contribution in [3.05, 3.63) is 66.4 Å². The quantitative estimate of drug-likeness (QED) is 0.300. The fourth-order valence-corrected chi connectivity index (χ4v) is 5.52. The first kappa shape index (κ1) is 21.6. The number of hydrogen-bond acceptors (Lipinski definition) is 7. The highest BCUT2D eigenvalue weighted by molar-refractivity contribution is 7.22. The van der Waals surface area contributed by atoms with Crippen LogP contribution < -0.4 is 10.1 Å². The van der Waals surface area contributed by atoms with Gasteiger partial charge in [0.1, 0.15) is 18.0 Å². The number of nitrogens with one attached hydrogen (secondary N) is 2. The van der Waals surface area contributed by atoms with Crippen LogP contribution in [0.3, 0.4) is 0 Å². The maximum absolute atomic E-state index is 9.23. The zero-order chi connectivity index (χ0) is 23.6.